The van der Waals surface area contributed by atoms with E-state index in [1.54, 1.807) is 12.1 Å². The summed E-state index contributed by atoms with van der Waals surface area (Å²) in [5.74, 6) is 0. The first-order chi connectivity index (χ1) is 24.1. The summed E-state index contributed by atoms with van der Waals surface area (Å²) in [6.45, 7) is 1.69. The largest absolute Gasteiger partial charge is 0.374 e. The second kappa shape index (κ2) is 17.9. The molecule has 6 rings (SSSR count). The van der Waals surface area contributed by atoms with Crippen LogP contribution in [0.2, 0.25) is 0 Å². The first-order valence-electron chi connectivity index (χ1n) is 16.3. The Morgan fingerprint density at radius 2 is 0.980 bits per heavy atom. The molecule has 1 aliphatic heterocycles. The van der Waals surface area contributed by atoms with Gasteiger partial charge in [-0.05, 0) is 34.4 Å². The van der Waals surface area contributed by atoms with Crippen LogP contribution in [0.15, 0.2) is 150 Å². The predicted octanol–water partition coefficient (Wildman–Crippen LogP) is 8.38. The summed E-state index contributed by atoms with van der Waals surface area (Å²) < 4.78 is 33.4. The minimum absolute atomic E-state index is 0.0245. The molecule has 9 heteroatoms. The summed E-state index contributed by atoms with van der Waals surface area (Å²) in [6, 6.07) is 46.5. The van der Waals surface area contributed by atoms with Gasteiger partial charge >= 0.3 is 0 Å². The number of benzene rings is 5. The van der Waals surface area contributed by atoms with Gasteiger partial charge in [-0.25, -0.2) is 0 Å². The Kier molecular flexibility index (Phi) is 12.6. The summed E-state index contributed by atoms with van der Waals surface area (Å²) in [7, 11) is 0. The van der Waals surface area contributed by atoms with Gasteiger partial charge in [0.05, 0.1) is 38.0 Å². The average molecular weight is 678 g/mol. The van der Waals surface area contributed by atoms with Crippen LogP contribution in [-0.4, -0.2) is 41.4 Å². The number of rotatable bonds is 16. The molecule has 0 unspecified atom stereocenters. The zero-order valence-electron chi connectivity index (χ0n) is 27.0. The van der Waals surface area contributed by atoms with E-state index >= 15 is 0 Å². The molecule has 1 fully saturated rings. The Labute approximate surface area is 291 Å². The van der Waals surface area contributed by atoms with Crippen molar-refractivity contribution in [1.82, 2.24) is 0 Å². The summed E-state index contributed by atoms with van der Waals surface area (Å²) in [6.07, 6.45) is -2.19. The minimum Gasteiger partial charge on any atom is -0.374 e. The van der Waals surface area contributed by atoms with Gasteiger partial charge in [0.15, 0.2) is 0 Å². The van der Waals surface area contributed by atoms with Gasteiger partial charge in [0.25, 0.3) is 5.69 Å². The maximum atomic E-state index is 11.4. The average Bonchev–Trinajstić information content (AvgIpc) is 3.15. The molecule has 0 N–H and O–H groups in total. The molecule has 252 valence electrons. The Hall–Kier alpha value is -4.35. The summed E-state index contributed by atoms with van der Waals surface area (Å²) in [5.41, 5.74) is 3.59. The zero-order valence-corrected chi connectivity index (χ0v) is 27.8. The number of hydrogen-bond donors (Lipinski definition) is 0. The third-order valence-electron chi connectivity index (χ3n) is 8.14. The Morgan fingerprint density at radius 3 is 1.45 bits per heavy atom. The molecular formula is C40H39NO7S. The second-order valence-electron chi connectivity index (χ2n) is 11.7. The molecule has 0 radical (unpaired) electrons. The Bertz CT molecular complexity index is 1700. The monoisotopic (exact) mass is 677 g/mol. The van der Waals surface area contributed by atoms with Crippen LogP contribution in [0.1, 0.15) is 22.3 Å². The number of nitro benzene ring substituents is 1. The predicted molar refractivity (Wildman–Crippen MR) is 189 cm³/mol. The molecule has 1 aliphatic rings. The van der Waals surface area contributed by atoms with E-state index in [1.807, 2.05) is 121 Å². The maximum absolute atomic E-state index is 11.4. The van der Waals surface area contributed by atoms with Crippen molar-refractivity contribution in [3.05, 3.63) is 178 Å². The third kappa shape index (κ3) is 10.1. The van der Waals surface area contributed by atoms with Crippen LogP contribution in [0.3, 0.4) is 0 Å². The molecule has 0 spiro atoms. The summed E-state index contributed by atoms with van der Waals surface area (Å²) in [5, 5.41) is 11.4. The Balaban J connectivity index is 1.32. The molecule has 5 atom stereocenters. The summed E-state index contributed by atoms with van der Waals surface area (Å²) in [4.78, 5) is 11.8. The van der Waals surface area contributed by atoms with Gasteiger partial charge in [-0.3, -0.25) is 10.1 Å². The smallest absolute Gasteiger partial charge is 0.269 e. The van der Waals surface area contributed by atoms with Crippen molar-refractivity contribution in [2.24, 2.45) is 0 Å². The lowest BCUT2D eigenvalue weighted by atomic mass is 9.98. The molecule has 0 aliphatic carbocycles. The lowest BCUT2D eigenvalue weighted by Crippen LogP contribution is -2.60. The molecule has 0 amide bonds. The number of nitrogens with zero attached hydrogens (tertiary/aromatic N) is 1. The van der Waals surface area contributed by atoms with Gasteiger partial charge in [0, 0.05) is 17.0 Å². The molecule has 8 nitrogen and oxygen atoms in total. The number of non-ortho nitro benzene ring substituents is 1. The fourth-order valence-corrected chi connectivity index (χ4v) is 6.75. The third-order valence-corrected chi connectivity index (χ3v) is 9.30. The van der Waals surface area contributed by atoms with Crippen molar-refractivity contribution in [1.29, 1.82) is 0 Å². The molecular weight excluding hydrogens is 639 g/mol. The van der Waals surface area contributed by atoms with E-state index in [0.29, 0.717) is 26.4 Å². The van der Waals surface area contributed by atoms with Gasteiger partial charge in [-0.1, -0.05) is 133 Å². The molecule has 5 aromatic rings. The molecule has 1 saturated heterocycles. The quantitative estimate of drug-likeness (QED) is 0.0760. The van der Waals surface area contributed by atoms with E-state index < -0.39 is 34.8 Å². The zero-order chi connectivity index (χ0) is 33.7. The van der Waals surface area contributed by atoms with E-state index in [-0.39, 0.29) is 12.3 Å². The topological polar surface area (TPSA) is 89.3 Å². The van der Waals surface area contributed by atoms with Crippen LogP contribution >= 0.6 is 11.8 Å². The van der Waals surface area contributed by atoms with Crippen LogP contribution in [0.4, 0.5) is 5.69 Å². The minimum atomic E-state index is -0.574. The molecule has 0 aromatic heterocycles. The van der Waals surface area contributed by atoms with E-state index in [1.165, 1.54) is 23.9 Å². The van der Waals surface area contributed by atoms with Gasteiger partial charge in [0.1, 0.15) is 29.9 Å². The van der Waals surface area contributed by atoms with Crippen molar-refractivity contribution in [2.45, 2.75) is 61.2 Å². The van der Waals surface area contributed by atoms with Gasteiger partial charge in [-0.2, -0.15) is 0 Å². The number of nitro groups is 1. The van der Waals surface area contributed by atoms with Crippen LogP contribution in [0.5, 0.6) is 0 Å². The number of thioether (sulfide) groups is 1. The second-order valence-corrected chi connectivity index (χ2v) is 12.9. The van der Waals surface area contributed by atoms with Crippen LogP contribution in [-0.2, 0) is 50.1 Å². The highest BCUT2D eigenvalue weighted by atomic mass is 32.2. The van der Waals surface area contributed by atoms with Crippen molar-refractivity contribution in [3.8, 4) is 0 Å². The maximum Gasteiger partial charge on any atom is 0.269 e. The van der Waals surface area contributed by atoms with Crippen LogP contribution < -0.4 is 0 Å². The Morgan fingerprint density at radius 1 is 0.551 bits per heavy atom. The molecule has 0 bridgehead atoms. The highest BCUT2D eigenvalue weighted by Gasteiger charge is 2.49. The first-order valence-corrected chi connectivity index (χ1v) is 17.2. The number of ether oxygens (including phenoxy) is 5. The van der Waals surface area contributed by atoms with E-state index in [4.69, 9.17) is 23.7 Å². The normalized spacial score (nSPS) is 20.5. The molecule has 1 heterocycles. The molecule has 49 heavy (non-hydrogen) atoms. The lowest BCUT2D eigenvalue weighted by molar-refractivity contribution is -0.384. The van der Waals surface area contributed by atoms with E-state index in [9.17, 15) is 10.1 Å². The van der Waals surface area contributed by atoms with E-state index in [0.717, 1.165) is 27.1 Å². The SMILES string of the molecule is O=[N+]([O-])c1ccc(S[C@@H]2O[C@H](COCc3ccccc3)[C@@H](OCc3ccccc3)[C@H](OCc3ccccc3)[C@H]2OCc2ccccc2)cc1. The van der Waals surface area contributed by atoms with Crippen LogP contribution in [0.25, 0.3) is 0 Å². The highest BCUT2D eigenvalue weighted by molar-refractivity contribution is 7.99. The van der Waals surface area contributed by atoms with Gasteiger partial charge in [0.2, 0.25) is 0 Å². The fourth-order valence-electron chi connectivity index (χ4n) is 5.62. The van der Waals surface area contributed by atoms with E-state index in [2.05, 4.69) is 0 Å². The highest BCUT2D eigenvalue weighted by Crippen LogP contribution is 2.39. The molecule has 0 saturated carbocycles. The van der Waals surface area contributed by atoms with Crippen molar-refractivity contribution >= 4 is 17.4 Å². The van der Waals surface area contributed by atoms with Gasteiger partial charge < -0.3 is 23.7 Å². The van der Waals surface area contributed by atoms with Crippen molar-refractivity contribution in [2.75, 3.05) is 6.61 Å². The lowest BCUT2D eigenvalue weighted by Gasteiger charge is -2.46. The van der Waals surface area contributed by atoms with Crippen molar-refractivity contribution < 1.29 is 28.6 Å². The fraction of sp³-hybridized carbons (Fsp3) is 0.250. The van der Waals surface area contributed by atoms with Gasteiger partial charge in [-0.15, -0.1) is 0 Å². The van der Waals surface area contributed by atoms with Crippen LogP contribution in [0, 0.1) is 10.1 Å². The number of hydrogen-bond acceptors (Lipinski definition) is 8. The molecule has 5 aromatic carbocycles. The standard InChI is InChI=1S/C40H39NO7S/c42-41(43)34-21-23-35(24-22-34)49-40-39(47-28-33-19-11-4-12-20-33)38(46-27-32-17-9-3-10-18-32)37(45-26-31-15-7-2-8-16-31)36(48-40)29-44-25-30-13-5-1-6-14-30/h1-24,36-40H,25-29H2/t36-,37-,38+,39-,40+/m1/s1. The van der Waals surface area contributed by atoms with Crippen molar-refractivity contribution in [3.63, 3.8) is 0 Å². The summed E-state index contributed by atoms with van der Waals surface area (Å²) >= 11 is 1.44. The first kappa shape index (κ1) is 34.5.